The van der Waals surface area contributed by atoms with Gasteiger partial charge in [0.05, 0.1) is 5.69 Å². The monoisotopic (exact) mass is 577 g/mol. The highest BCUT2D eigenvalue weighted by atomic mass is 32.1. The van der Waals surface area contributed by atoms with E-state index in [1.807, 2.05) is 24.3 Å². The third-order valence-electron chi connectivity index (χ3n) is 6.09. The number of hydrogen-bond donors (Lipinski definition) is 2. The fourth-order valence-corrected chi connectivity index (χ4v) is 5.26. The zero-order valence-electron chi connectivity index (χ0n) is 21.3. The quantitative estimate of drug-likeness (QED) is 0.180. The summed E-state index contributed by atoms with van der Waals surface area (Å²) in [4.78, 5) is 29.0. The molecule has 0 unspecified atom stereocenters. The molecule has 0 radical (unpaired) electrons. The Bertz CT molecular complexity index is 1760. The number of fused-ring (bicyclic) bond motifs is 1. The minimum atomic E-state index is -4.74. The number of pyridine rings is 1. The number of hydrogen-bond acceptors (Lipinski definition) is 6. The number of amides is 2. The Labute approximate surface area is 236 Å². The van der Waals surface area contributed by atoms with Gasteiger partial charge >= 0.3 is 6.18 Å². The number of ether oxygens (including phenoxy) is 1. The topological polar surface area (TPSA) is 107 Å². The van der Waals surface area contributed by atoms with Crippen LogP contribution in [0.15, 0.2) is 89.9 Å². The Morgan fingerprint density at radius 2 is 1.80 bits per heavy atom. The first-order valence-corrected chi connectivity index (χ1v) is 13.1. The van der Waals surface area contributed by atoms with Crippen molar-refractivity contribution in [3.8, 4) is 16.9 Å². The van der Waals surface area contributed by atoms with Gasteiger partial charge in [-0.1, -0.05) is 54.6 Å². The minimum absolute atomic E-state index is 0.0393. The maximum Gasteiger partial charge on any atom is 0.433 e. The predicted molar refractivity (Wildman–Crippen MR) is 150 cm³/mol. The van der Waals surface area contributed by atoms with Crippen LogP contribution in [0.3, 0.4) is 0 Å². The molecule has 3 heterocycles. The fraction of sp³-hybridized carbons (Fsp3) is 0.100. The first kappa shape index (κ1) is 27.7. The van der Waals surface area contributed by atoms with Crippen LogP contribution in [0.1, 0.15) is 37.2 Å². The number of allylic oxidation sites excluding steroid dienone is 1. The Balaban J connectivity index is 1.48. The second-order valence-corrected chi connectivity index (χ2v) is 9.88. The summed E-state index contributed by atoms with van der Waals surface area (Å²) in [6.45, 7) is 3.78. The molecule has 5 aromatic rings. The highest BCUT2D eigenvalue weighted by Gasteiger charge is 2.35. The van der Waals surface area contributed by atoms with E-state index in [9.17, 15) is 22.8 Å². The first-order chi connectivity index (χ1) is 19.7. The third kappa shape index (κ3) is 5.85. The standard InChI is InChI=1S/C30H22F3N3O4S/c1-2-8-18-11-6-7-12-21(18)39-16-19-13-14-22(40-19)28(38)36-25-24-20(17-9-4-3-5-10-17)15-23(30(31,32)33)35-29(24)41-26(25)27(34)37/h2-7,9-15H,1,8,16H2,(H2,34,37)(H,36,38). The van der Waals surface area contributed by atoms with Gasteiger partial charge in [-0.25, -0.2) is 4.98 Å². The number of primary amides is 1. The summed E-state index contributed by atoms with van der Waals surface area (Å²) in [5.41, 5.74) is 5.89. The number of alkyl halides is 3. The lowest BCUT2D eigenvalue weighted by Gasteiger charge is -2.12. The van der Waals surface area contributed by atoms with Gasteiger partial charge in [0.1, 0.15) is 33.5 Å². The number of anilines is 1. The molecule has 0 aliphatic heterocycles. The van der Waals surface area contributed by atoms with Crippen LogP contribution in [0.4, 0.5) is 18.9 Å². The molecule has 0 bridgehead atoms. The van der Waals surface area contributed by atoms with Crippen molar-refractivity contribution in [3.63, 3.8) is 0 Å². The van der Waals surface area contributed by atoms with Gasteiger partial charge in [0.25, 0.3) is 11.8 Å². The number of carbonyl (C=O) groups excluding carboxylic acids is 2. The minimum Gasteiger partial charge on any atom is -0.485 e. The molecule has 3 N–H and O–H groups in total. The van der Waals surface area contributed by atoms with E-state index in [0.717, 1.165) is 11.6 Å². The zero-order valence-corrected chi connectivity index (χ0v) is 22.1. The number of rotatable bonds is 9. The molecule has 208 valence electrons. The largest absolute Gasteiger partial charge is 0.485 e. The normalized spacial score (nSPS) is 11.4. The van der Waals surface area contributed by atoms with E-state index < -0.39 is 23.7 Å². The molecular weight excluding hydrogens is 555 g/mol. The van der Waals surface area contributed by atoms with Gasteiger partial charge in [-0.2, -0.15) is 13.2 Å². The van der Waals surface area contributed by atoms with Gasteiger partial charge in [0.15, 0.2) is 5.76 Å². The highest BCUT2D eigenvalue weighted by molar-refractivity contribution is 7.21. The maximum atomic E-state index is 13.7. The van der Waals surface area contributed by atoms with Crippen molar-refractivity contribution in [3.05, 3.63) is 113 Å². The van der Waals surface area contributed by atoms with Crippen molar-refractivity contribution >= 4 is 39.1 Å². The molecule has 0 fully saturated rings. The lowest BCUT2D eigenvalue weighted by molar-refractivity contribution is -0.140. The van der Waals surface area contributed by atoms with Gasteiger partial charge in [-0.3, -0.25) is 9.59 Å². The van der Waals surface area contributed by atoms with Crippen LogP contribution >= 0.6 is 11.3 Å². The molecule has 0 aliphatic rings. The molecule has 0 spiro atoms. The van der Waals surface area contributed by atoms with E-state index in [1.54, 1.807) is 42.5 Å². The number of nitrogens with two attached hydrogens (primary N) is 1. The van der Waals surface area contributed by atoms with E-state index in [2.05, 4.69) is 16.9 Å². The van der Waals surface area contributed by atoms with E-state index in [0.29, 0.717) is 34.8 Å². The van der Waals surface area contributed by atoms with Gasteiger partial charge in [0.2, 0.25) is 0 Å². The molecule has 0 saturated heterocycles. The van der Waals surface area contributed by atoms with Crippen LogP contribution in [0.25, 0.3) is 21.3 Å². The van der Waals surface area contributed by atoms with Gasteiger partial charge in [-0.15, -0.1) is 17.9 Å². The summed E-state index contributed by atoms with van der Waals surface area (Å²) in [6.07, 6.45) is -2.37. The van der Waals surface area contributed by atoms with E-state index in [-0.39, 0.29) is 38.7 Å². The lowest BCUT2D eigenvalue weighted by Crippen LogP contribution is -2.16. The third-order valence-corrected chi connectivity index (χ3v) is 7.19. The van der Waals surface area contributed by atoms with E-state index in [1.165, 1.54) is 6.07 Å². The molecule has 0 atom stereocenters. The average Bonchev–Trinajstić information content (AvgIpc) is 3.58. The number of halogens is 3. The zero-order chi connectivity index (χ0) is 29.1. The highest BCUT2D eigenvalue weighted by Crippen LogP contribution is 2.43. The summed E-state index contributed by atoms with van der Waals surface area (Å²) in [7, 11) is 0. The maximum absolute atomic E-state index is 13.7. The van der Waals surface area contributed by atoms with Crippen molar-refractivity contribution in [2.24, 2.45) is 5.73 Å². The summed E-state index contributed by atoms with van der Waals surface area (Å²) in [5, 5.41) is 2.77. The number of furan rings is 1. The predicted octanol–water partition coefficient (Wildman–Crippen LogP) is 7.23. The molecular formula is C30H22F3N3O4S. The smallest absolute Gasteiger partial charge is 0.433 e. The molecule has 3 aromatic heterocycles. The summed E-state index contributed by atoms with van der Waals surface area (Å²) >= 11 is 0.667. The lowest BCUT2D eigenvalue weighted by atomic mass is 10.0. The van der Waals surface area contributed by atoms with E-state index in [4.69, 9.17) is 14.9 Å². The molecule has 7 nitrogen and oxygen atoms in total. The van der Waals surface area contributed by atoms with Crippen LogP contribution in [-0.4, -0.2) is 16.8 Å². The molecule has 0 saturated carbocycles. The Morgan fingerprint density at radius 3 is 2.51 bits per heavy atom. The second kappa shape index (κ2) is 11.3. The first-order valence-electron chi connectivity index (χ1n) is 12.3. The summed E-state index contributed by atoms with van der Waals surface area (Å²) in [6, 6.07) is 19.6. The molecule has 5 rings (SSSR count). The Kier molecular flexibility index (Phi) is 7.62. The van der Waals surface area contributed by atoms with Crippen molar-refractivity contribution in [2.45, 2.75) is 19.2 Å². The fourth-order valence-electron chi connectivity index (χ4n) is 4.25. The van der Waals surface area contributed by atoms with Crippen LogP contribution in [0.5, 0.6) is 5.75 Å². The number of benzene rings is 2. The van der Waals surface area contributed by atoms with Gasteiger partial charge in [-0.05, 0) is 47.4 Å². The number of para-hydroxylation sites is 1. The van der Waals surface area contributed by atoms with Crippen LogP contribution in [-0.2, 0) is 19.2 Å². The Morgan fingerprint density at radius 1 is 1.07 bits per heavy atom. The number of aromatic nitrogens is 1. The SMILES string of the molecule is C=CCc1ccccc1OCc1ccc(C(=O)Nc2c(C(N)=O)sc3nc(C(F)(F)F)cc(-c4ccccc4)c23)o1. The number of nitrogens with zero attached hydrogens (tertiary/aromatic N) is 1. The molecule has 41 heavy (non-hydrogen) atoms. The number of thiophene rings is 1. The molecule has 2 amide bonds. The van der Waals surface area contributed by atoms with Crippen LogP contribution < -0.4 is 15.8 Å². The van der Waals surface area contributed by atoms with Crippen molar-refractivity contribution in [1.29, 1.82) is 0 Å². The molecule has 2 aromatic carbocycles. The molecule has 11 heteroatoms. The Hall–Kier alpha value is -4.90. The van der Waals surface area contributed by atoms with Crippen molar-refractivity contribution in [1.82, 2.24) is 4.98 Å². The molecule has 0 aliphatic carbocycles. The number of nitrogens with one attached hydrogen (secondary N) is 1. The van der Waals surface area contributed by atoms with Gasteiger partial charge < -0.3 is 20.2 Å². The van der Waals surface area contributed by atoms with E-state index >= 15 is 0 Å². The van der Waals surface area contributed by atoms with Crippen molar-refractivity contribution in [2.75, 3.05) is 5.32 Å². The van der Waals surface area contributed by atoms with Gasteiger partial charge in [0, 0.05) is 5.39 Å². The van der Waals surface area contributed by atoms with Crippen molar-refractivity contribution < 1.29 is 31.9 Å². The second-order valence-electron chi connectivity index (χ2n) is 8.88. The average molecular weight is 578 g/mol. The van der Waals surface area contributed by atoms with Crippen LogP contribution in [0.2, 0.25) is 0 Å². The summed E-state index contributed by atoms with van der Waals surface area (Å²) in [5.74, 6) is -0.758. The number of carbonyl (C=O) groups is 2. The summed E-state index contributed by atoms with van der Waals surface area (Å²) < 4.78 is 52.6. The van der Waals surface area contributed by atoms with Crippen LogP contribution in [0, 0.1) is 0 Å².